The molecule has 138 valence electrons. The number of rotatable bonds is 5. The van der Waals surface area contributed by atoms with E-state index in [9.17, 15) is 13.5 Å². The summed E-state index contributed by atoms with van der Waals surface area (Å²) >= 11 is 0. The van der Waals surface area contributed by atoms with Crippen LogP contribution in [0.4, 0.5) is 4.39 Å². The Labute approximate surface area is 146 Å². The van der Waals surface area contributed by atoms with Crippen LogP contribution >= 0.6 is 15.2 Å². The van der Waals surface area contributed by atoms with Crippen molar-refractivity contribution in [3.05, 3.63) is 48.4 Å². The molecule has 1 aromatic carbocycles. The van der Waals surface area contributed by atoms with E-state index in [1.54, 1.807) is 24.4 Å². The van der Waals surface area contributed by atoms with Crippen LogP contribution < -0.4 is 0 Å². The lowest BCUT2D eigenvalue weighted by Crippen LogP contribution is -2.26. The van der Waals surface area contributed by atoms with Crippen LogP contribution in [0.15, 0.2) is 42.9 Å². The maximum absolute atomic E-state index is 14.7. The van der Waals surface area contributed by atoms with E-state index in [-0.39, 0.29) is 5.56 Å². The van der Waals surface area contributed by atoms with Gasteiger partial charge in [-0.3, -0.25) is 19.2 Å². The molecule has 0 saturated carbocycles. The molecule has 0 aliphatic rings. The molecule has 0 saturated heterocycles. The molecule has 0 aliphatic carbocycles. The summed E-state index contributed by atoms with van der Waals surface area (Å²) in [6.45, 7) is 0. The van der Waals surface area contributed by atoms with Gasteiger partial charge in [-0.1, -0.05) is 12.1 Å². The van der Waals surface area contributed by atoms with Gasteiger partial charge in [0, 0.05) is 29.8 Å². The Morgan fingerprint density at radius 2 is 1.77 bits per heavy atom. The molecule has 3 rings (SSSR count). The van der Waals surface area contributed by atoms with Gasteiger partial charge in [0.15, 0.2) is 0 Å². The fourth-order valence-electron chi connectivity index (χ4n) is 2.59. The van der Waals surface area contributed by atoms with Crippen molar-refractivity contribution >= 4 is 26.1 Å². The van der Waals surface area contributed by atoms with Gasteiger partial charge in [0.05, 0.1) is 11.7 Å². The van der Waals surface area contributed by atoms with E-state index in [1.807, 2.05) is 0 Å². The third-order valence-electron chi connectivity index (χ3n) is 3.91. The fraction of sp³-hybridized carbons (Fsp3) is 0.143. The number of hydrogen-bond donors (Lipinski definition) is 5. The van der Waals surface area contributed by atoms with Crippen molar-refractivity contribution in [3.63, 3.8) is 0 Å². The van der Waals surface area contributed by atoms with E-state index in [0.29, 0.717) is 11.1 Å². The number of nitrogens with one attached hydrogen (secondary N) is 1. The highest BCUT2D eigenvalue weighted by atomic mass is 31.2. The number of hydrogen-bond acceptors (Lipinski definition) is 4. The standard InChI is InChI=1S/C14H14FN3O6P2/c15-14(25(19,20)21,26(22,23)24)5-9-4-10(7-16-6-9)11-2-1-3-13-12(11)8-17-18-13/h1-4,6-8H,5H2,(H,17,18)(H2,19,20,21)(H2,22,23,24). The van der Waals surface area contributed by atoms with Crippen LogP contribution in [0.3, 0.4) is 0 Å². The summed E-state index contributed by atoms with van der Waals surface area (Å²) in [6.07, 6.45) is 2.92. The topological polar surface area (TPSA) is 157 Å². The summed E-state index contributed by atoms with van der Waals surface area (Å²) in [4.78, 5) is 40.5. The van der Waals surface area contributed by atoms with Crippen LogP contribution in [-0.4, -0.2) is 39.9 Å². The SMILES string of the molecule is O=P(O)(O)C(F)(Cc1cncc(-c2cccc3[nH]ncc23)c1)P(=O)(O)O. The van der Waals surface area contributed by atoms with Crippen molar-refractivity contribution < 1.29 is 33.1 Å². The molecule has 3 aromatic rings. The second-order valence-corrected chi connectivity index (χ2v) is 9.65. The summed E-state index contributed by atoms with van der Waals surface area (Å²) in [6, 6.07) is 6.65. The van der Waals surface area contributed by atoms with Crippen molar-refractivity contribution in [3.8, 4) is 11.1 Å². The van der Waals surface area contributed by atoms with Crippen LogP contribution in [0.25, 0.3) is 22.0 Å². The van der Waals surface area contributed by atoms with Gasteiger partial charge >= 0.3 is 20.3 Å². The Morgan fingerprint density at radius 1 is 1.08 bits per heavy atom. The molecule has 2 heterocycles. The minimum Gasteiger partial charge on any atom is -0.322 e. The van der Waals surface area contributed by atoms with E-state index in [1.165, 1.54) is 12.3 Å². The first-order valence-corrected chi connectivity index (χ1v) is 10.4. The van der Waals surface area contributed by atoms with Gasteiger partial charge < -0.3 is 19.6 Å². The summed E-state index contributed by atoms with van der Waals surface area (Å²) in [5, 5.41) is 3.42. The van der Waals surface area contributed by atoms with Crippen molar-refractivity contribution in [2.75, 3.05) is 0 Å². The van der Waals surface area contributed by atoms with Gasteiger partial charge in [-0.15, -0.1) is 0 Å². The Balaban J connectivity index is 2.07. The Morgan fingerprint density at radius 3 is 2.42 bits per heavy atom. The molecule has 5 N–H and O–H groups in total. The normalized spacial score (nSPS) is 13.3. The molecule has 0 unspecified atom stereocenters. The average Bonchev–Trinajstić information content (AvgIpc) is 3.01. The second-order valence-electron chi connectivity index (χ2n) is 5.70. The zero-order valence-corrected chi connectivity index (χ0v) is 14.8. The molecule has 9 nitrogen and oxygen atoms in total. The first kappa shape index (κ1) is 18.8. The van der Waals surface area contributed by atoms with E-state index < -0.39 is 26.8 Å². The van der Waals surface area contributed by atoms with Gasteiger partial charge in [-0.25, -0.2) is 4.39 Å². The monoisotopic (exact) mass is 401 g/mol. The third-order valence-corrected chi connectivity index (χ3v) is 7.58. The minimum atomic E-state index is -5.76. The van der Waals surface area contributed by atoms with Crippen LogP contribution in [0.2, 0.25) is 0 Å². The van der Waals surface area contributed by atoms with Crippen LogP contribution in [-0.2, 0) is 15.6 Å². The van der Waals surface area contributed by atoms with Crippen LogP contribution in [0, 0.1) is 0 Å². The number of halogens is 1. The number of nitrogens with zero attached hydrogens (tertiary/aromatic N) is 2. The molecule has 0 aliphatic heterocycles. The minimum absolute atomic E-state index is 0.0721. The number of aromatic amines is 1. The molecule has 26 heavy (non-hydrogen) atoms. The van der Waals surface area contributed by atoms with Gasteiger partial charge in [-0.2, -0.15) is 5.10 Å². The molecule has 0 fully saturated rings. The first-order valence-electron chi connectivity index (χ1n) is 7.19. The molecular weight excluding hydrogens is 387 g/mol. The summed E-state index contributed by atoms with van der Waals surface area (Å²) in [7, 11) is -11.5. The number of benzene rings is 1. The molecule has 0 atom stereocenters. The molecule has 0 bridgehead atoms. The molecule has 2 aromatic heterocycles. The zero-order chi connectivity index (χ0) is 19.2. The van der Waals surface area contributed by atoms with Crippen molar-refractivity contribution in [1.29, 1.82) is 0 Å². The number of alkyl halides is 1. The number of pyridine rings is 1. The summed E-state index contributed by atoms with van der Waals surface area (Å²) in [5.74, 6) is 0. The third kappa shape index (κ3) is 3.23. The van der Waals surface area contributed by atoms with E-state index in [2.05, 4.69) is 15.2 Å². The Bertz CT molecular complexity index is 1040. The maximum atomic E-state index is 14.7. The zero-order valence-electron chi connectivity index (χ0n) is 13.0. The van der Waals surface area contributed by atoms with Crippen molar-refractivity contribution in [2.45, 2.75) is 11.6 Å². The van der Waals surface area contributed by atoms with Crippen LogP contribution in [0.5, 0.6) is 0 Å². The van der Waals surface area contributed by atoms with Gasteiger partial charge in [0.2, 0.25) is 0 Å². The van der Waals surface area contributed by atoms with Crippen LogP contribution in [0.1, 0.15) is 5.56 Å². The maximum Gasteiger partial charge on any atom is 0.375 e. The lowest BCUT2D eigenvalue weighted by molar-refractivity contribution is 0.222. The molecule has 0 spiro atoms. The number of aromatic nitrogens is 3. The number of fused-ring (bicyclic) bond motifs is 1. The van der Waals surface area contributed by atoms with E-state index in [0.717, 1.165) is 17.1 Å². The van der Waals surface area contributed by atoms with Gasteiger partial charge in [0.25, 0.3) is 0 Å². The fourth-order valence-corrected chi connectivity index (χ4v) is 4.72. The largest absolute Gasteiger partial charge is 0.375 e. The average molecular weight is 401 g/mol. The highest BCUT2D eigenvalue weighted by Crippen LogP contribution is 2.71. The van der Waals surface area contributed by atoms with E-state index in [4.69, 9.17) is 19.6 Å². The lowest BCUT2D eigenvalue weighted by atomic mass is 10.0. The van der Waals surface area contributed by atoms with Crippen molar-refractivity contribution in [1.82, 2.24) is 15.2 Å². The quantitative estimate of drug-likeness (QED) is 0.407. The Kier molecular flexibility index (Phi) is 4.60. The van der Waals surface area contributed by atoms with E-state index >= 15 is 0 Å². The smallest absolute Gasteiger partial charge is 0.322 e. The predicted molar refractivity (Wildman–Crippen MR) is 91.0 cm³/mol. The van der Waals surface area contributed by atoms with Gasteiger partial charge in [0.1, 0.15) is 0 Å². The van der Waals surface area contributed by atoms with Crippen molar-refractivity contribution in [2.24, 2.45) is 0 Å². The first-order chi connectivity index (χ1) is 12.0. The van der Waals surface area contributed by atoms with Gasteiger partial charge in [-0.05, 0) is 23.3 Å². The Hall–Kier alpha value is -1.93. The number of H-pyrrole nitrogens is 1. The molecule has 12 heteroatoms. The highest BCUT2D eigenvalue weighted by Gasteiger charge is 2.61. The highest BCUT2D eigenvalue weighted by molar-refractivity contribution is 7.72. The summed E-state index contributed by atoms with van der Waals surface area (Å²) < 4.78 is 37.4. The second kappa shape index (κ2) is 6.35. The predicted octanol–water partition coefficient (Wildman–Crippen LogP) is 2.15. The molecular formula is C14H14FN3O6P2. The lowest BCUT2D eigenvalue weighted by Gasteiger charge is -2.26. The summed E-state index contributed by atoms with van der Waals surface area (Å²) in [5.41, 5.74) is 1.81. The molecule has 0 radical (unpaired) electrons. The molecule has 0 amide bonds.